The predicted octanol–water partition coefficient (Wildman–Crippen LogP) is 2.89. The van der Waals surface area contributed by atoms with E-state index in [1.165, 1.54) is 54.1 Å². The van der Waals surface area contributed by atoms with Crippen molar-refractivity contribution in [2.45, 2.75) is 45.7 Å². The molecule has 0 spiro atoms. The van der Waals surface area contributed by atoms with Crippen molar-refractivity contribution in [1.29, 1.82) is 0 Å². The van der Waals surface area contributed by atoms with E-state index in [-0.39, 0.29) is 0 Å². The second kappa shape index (κ2) is 5.80. The summed E-state index contributed by atoms with van der Waals surface area (Å²) < 4.78 is 0. The lowest BCUT2D eigenvalue weighted by atomic mass is 10.2. The molecule has 0 aromatic carbocycles. The Morgan fingerprint density at radius 3 is 2.50 bits per heavy atom. The largest absolute Gasteiger partial charge is 0.326 e. The molecule has 0 radical (unpaired) electrons. The minimum Gasteiger partial charge on any atom is -0.326 e. The van der Waals surface area contributed by atoms with Crippen LogP contribution in [0, 0.1) is 6.92 Å². The molecule has 0 unspecified atom stereocenters. The van der Waals surface area contributed by atoms with Gasteiger partial charge in [0, 0.05) is 22.8 Å². The lowest BCUT2D eigenvalue weighted by Gasteiger charge is -2.19. The highest BCUT2D eigenvalue weighted by molar-refractivity contribution is 7.12. The summed E-state index contributed by atoms with van der Waals surface area (Å²) in [5.41, 5.74) is 7.18. The average Bonchev–Trinajstić information content (AvgIpc) is 2.51. The topological polar surface area (TPSA) is 29.3 Å². The van der Waals surface area contributed by atoms with Crippen LogP contribution in [0.5, 0.6) is 0 Å². The van der Waals surface area contributed by atoms with Crippen molar-refractivity contribution in [1.82, 2.24) is 4.90 Å². The summed E-state index contributed by atoms with van der Waals surface area (Å²) in [7, 11) is 0. The first-order valence-electron chi connectivity index (χ1n) is 6.30. The highest BCUT2D eigenvalue weighted by atomic mass is 32.1. The molecule has 1 saturated heterocycles. The highest BCUT2D eigenvalue weighted by Crippen LogP contribution is 2.23. The van der Waals surface area contributed by atoms with E-state index >= 15 is 0 Å². The van der Waals surface area contributed by atoms with Gasteiger partial charge in [0.1, 0.15) is 0 Å². The van der Waals surface area contributed by atoms with Gasteiger partial charge >= 0.3 is 0 Å². The van der Waals surface area contributed by atoms with E-state index in [9.17, 15) is 0 Å². The third kappa shape index (κ3) is 3.06. The van der Waals surface area contributed by atoms with E-state index in [0.717, 1.165) is 6.54 Å². The third-order valence-corrected chi connectivity index (χ3v) is 4.48. The molecule has 0 atom stereocenters. The fourth-order valence-corrected chi connectivity index (χ4v) is 3.31. The van der Waals surface area contributed by atoms with Gasteiger partial charge in [-0.05, 0) is 44.5 Å². The summed E-state index contributed by atoms with van der Waals surface area (Å²) in [5, 5.41) is 0. The van der Waals surface area contributed by atoms with Gasteiger partial charge in [-0.1, -0.05) is 12.8 Å². The molecule has 2 rings (SSSR count). The number of aryl methyl sites for hydroxylation is 1. The molecule has 1 aliphatic rings. The molecule has 16 heavy (non-hydrogen) atoms. The minimum absolute atomic E-state index is 0.686. The molecule has 2 N–H and O–H groups in total. The van der Waals surface area contributed by atoms with Crippen LogP contribution >= 0.6 is 11.3 Å². The number of thiophene rings is 1. The molecule has 1 aliphatic heterocycles. The normalized spacial score (nSPS) is 18.6. The number of likely N-dealkylation sites (tertiary alicyclic amines) is 1. The Kier molecular flexibility index (Phi) is 4.38. The molecule has 0 aliphatic carbocycles. The van der Waals surface area contributed by atoms with E-state index in [0.29, 0.717) is 6.54 Å². The molecule has 90 valence electrons. The summed E-state index contributed by atoms with van der Waals surface area (Å²) in [6.07, 6.45) is 5.56. The van der Waals surface area contributed by atoms with Gasteiger partial charge < -0.3 is 5.73 Å². The van der Waals surface area contributed by atoms with Crippen LogP contribution < -0.4 is 5.73 Å². The maximum atomic E-state index is 5.69. The molecule has 1 fully saturated rings. The van der Waals surface area contributed by atoms with Gasteiger partial charge in [0.15, 0.2) is 0 Å². The van der Waals surface area contributed by atoms with Crippen molar-refractivity contribution in [3.05, 3.63) is 21.4 Å². The van der Waals surface area contributed by atoms with Crippen LogP contribution in [-0.2, 0) is 13.1 Å². The van der Waals surface area contributed by atoms with Crippen molar-refractivity contribution < 1.29 is 0 Å². The number of nitrogens with two attached hydrogens (primary N) is 1. The highest BCUT2D eigenvalue weighted by Gasteiger charge is 2.12. The molecule has 0 bridgehead atoms. The molecular formula is C13H22N2S. The van der Waals surface area contributed by atoms with Crippen LogP contribution in [0.3, 0.4) is 0 Å². The van der Waals surface area contributed by atoms with Gasteiger partial charge in [0.25, 0.3) is 0 Å². The van der Waals surface area contributed by atoms with Crippen molar-refractivity contribution >= 4 is 11.3 Å². The van der Waals surface area contributed by atoms with Crippen LogP contribution in [0.4, 0.5) is 0 Å². The Morgan fingerprint density at radius 1 is 1.25 bits per heavy atom. The molecular weight excluding hydrogens is 216 g/mol. The minimum atomic E-state index is 0.686. The molecule has 0 saturated carbocycles. The van der Waals surface area contributed by atoms with Crippen molar-refractivity contribution in [2.24, 2.45) is 5.73 Å². The zero-order valence-electron chi connectivity index (χ0n) is 10.2. The fourth-order valence-electron chi connectivity index (χ4n) is 2.38. The molecule has 1 aromatic rings. The molecule has 3 heteroatoms. The second-order valence-corrected chi connectivity index (χ2v) is 6.03. The second-order valence-electron chi connectivity index (χ2n) is 4.69. The summed E-state index contributed by atoms with van der Waals surface area (Å²) in [6.45, 7) is 6.57. The zero-order chi connectivity index (χ0) is 11.4. The molecule has 1 aromatic heterocycles. The van der Waals surface area contributed by atoms with Gasteiger partial charge in [-0.3, -0.25) is 4.90 Å². The number of hydrogen-bond acceptors (Lipinski definition) is 3. The standard InChI is InChI=1S/C13H22N2S/c1-11-12(8-13(9-14)16-11)10-15-6-4-2-3-5-7-15/h8H,2-7,9-10,14H2,1H3. The lowest BCUT2D eigenvalue weighted by molar-refractivity contribution is 0.277. The van der Waals surface area contributed by atoms with Gasteiger partial charge in [-0.15, -0.1) is 11.3 Å². The van der Waals surface area contributed by atoms with E-state index in [1.807, 2.05) is 11.3 Å². The Hall–Kier alpha value is -0.380. The quantitative estimate of drug-likeness (QED) is 0.877. The molecule has 2 nitrogen and oxygen atoms in total. The summed E-state index contributed by atoms with van der Waals surface area (Å²) in [5.74, 6) is 0. The molecule has 0 amide bonds. The van der Waals surface area contributed by atoms with Crippen molar-refractivity contribution in [2.75, 3.05) is 13.1 Å². The van der Waals surface area contributed by atoms with Crippen LogP contribution in [0.25, 0.3) is 0 Å². The van der Waals surface area contributed by atoms with E-state index in [4.69, 9.17) is 5.73 Å². The SMILES string of the molecule is Cc1sc(CN)cc1CN1CCCCCC1. The van der Waals surface area contributed by atoms with Crippen LogP contribution in [0.1, 0.15) is 41.0 Å². The number of rotatable bonds is 3. The Morgan fingerprint density at radius 2 is 1.94 bits per heavy atom. The lowest BCUT2D eigenvalue weighted by Crippen LogP contribution is -2.24. The van der Waals surface area contributed by atoms with E-state index in [1.54, 1.807) is 0 Å². The first-order chi connectivity index (χ1) is 7.79. The van der Waals surface area contributed by atoms with Crippen LogP contribution in [0.2, 0.25) is 0 Å². The Labute approximate surface area is 102 Å². The number of nitrogens with zero attached hydrogens (tertiary/aromatic N) is 1. The Balaban J connectivity index is 1.98. The van der Waals surface area contributed by atoms with Crippen molar-refractivity contribution in [3.63, 3.8) is 0 Å². The van der Waals surface area contributed by atoms with E-state index < -0.39 is 0 Å². The number of hydrogen-bond donors (Lipinski definition) is 1. The monoisotopic (exact) mass is 238 g/mol. The first-order valence-corrected chi connectivity index (χ1v) is 7.12. The van der Waals surface area contributed by atoms with Gasteiger partial charge in [-0.2, -0.15) is 0 Å². The van der Waals surface area contributed by atoms with Gasteiger partial charge in [0.2, 0.25) is 0 Å². The first kappa shape index (κ1) is 12.1. The summed E-state index contributed by atoms with van der Waals surface area (Å²) >= 11 is 1.86. The third-order valence-electron chi connectivity index (χ3n) is 3.37. The summed E-state index contributed by atoms with van der Waals surface area (Å²) in [4.78, 5) is 5.37. The zero-order valence-corrected chi connectivity index (χ0v) is 11.0. The Bertz CT molecular complexity index is 325. The predicted molar refractivity (Wildman–Crippen MR) is 70.7 cm³/mol. The smallest absolute Gasteiger partial charge is 0.0274 e. The van der Waals surface area contributed by atoms with Gasteiger partial charge in [-0.25, -0.2) is 0 Å². The molecule has 2 heterocycles. The van der Waals surface area contributed by atoms with Crippen LogP contribution in [-0.4, -0.2) is 18.0 Å². The van der Waals surface area contributed by atoms with Crippen LogP contribution in [0.15, 0.2) is 6.07 Å². The van der Waals surface area contributed by atoms with Crippen molar-refractivity contribution in [3.8, 4) is 0 Å². The van der Waals surface area contributed by atoms with Gasteiger partial charge in [0.05, 0.1) is 0 Å². The maximum Gasteiger partial charge on any atom is 0.0274 e. The average molecular weight is 238 g/mol. The fraction of sp³-hybridized carbons (Fsp3) is 0.692. The van der Waals surface area contributed by atoms with E-state index in [2.05, 4.69) is 17.9 Å². The summed E-state index contributed by atoms with van der Waals surface area (Å²) in [6, 6.07) is 2.30. The maximum absolute atomic E-state index is 5.69.